The molecule has 9 heteroatoms. The normalized spacial score (nSPS) is 17.4. The number of anilines is 1. The Morgan fingerprint density at radius 1 is 1.18 bits per heavy atom. The van der Waals surface area contributed by atoms with Gasteiger partial charge in [0.05, 0.1) is 35.2 Å². The van der Waals surface area contributed by atoms with Crippen LogP contribution in [-0.2, 0) is 9.53 Å². The lowest BCUT2D eigenvalue weighted by Crippen LogP contribution is -2.38. The number of aromatic nitrogens is 1. The number of aliphatic hydroxyl groups is 1. The Morgan fingerprint density at radius 3 is 2.65 bits per heavy atom. The van der Waals surface area contributed by atoms with E-state index in [1.54, 1.807) is 25.1 Å². The van der Waals surface area contributed by atoms with Crippen molar-refractivity contribution in [2.24, 2.45) is 0 Å². The lowest BCUT2D eigenvalue weighted by Gasteiger charge is -2.26. The number of morpholine rings is 1. The van der Waals surface area contributed by atoms with Crippen molar-refractivity contribution in [1.29, 1.82) is 0 Å². The fourth-order valence-corrected chi connectivity index (χ4v) is 4.37. The number of nitrogens with one attached hydrogen (secondary N) is 1. The molecular formula is C25H24ClN3O5. The van der Waals surface area contributed by atoms with Crippen molar-refractivity contribution < 1.29 is 23.9 Å². The van der Waals surface area contributed by atoms with Gasteiger partial charge in [-0.3, -0.25) is 9.69 Å². The summed E-state index contributed by atoms with van der Waals surface area (Å²) >= 11 is 6.54. The van der Waals surface area contributed by atoms with E-state index in [1.807, 2.05) is 24.3 Å². The fourth-order valence-electron chi connectivity index (χ4n) is 4.09. The second kappa shape index (κ2) is 9.50. The Bertz CT molecular complexity index is 1250. The maximum Gasteiger partial charge on any atom is 0.260 e. The Balaban J connectivity index is 1.37. The molecule has 3 heterocycles. The lowest BCUT2D eigenvalue weighted by molar-refractivity contribution is -0.110. The van der Waals surface area contributed by atoms with Crippen LogP contribution in [0.1, 0.15) is 17.0 Å². The van der Waals surface area contributed by atoms with Crippen molar-refractivity contribution in [1.82, 2.24) is 10.1 Å². The second-order valence-corrected chi connectivity index (χ2v) is 8.62. The predicted octanol–water partition coefficient (Wildman–Crippen LogP) is 4.39. The van der Waals surface area contributed by atoms with Crippen molar-refractivity contribution in [3.05, 3.63) is 64.5 Å². The molecule has 0 atom stereocenters. The first-order valence-electron chi connectivity index (χ1n) is 11.0. The molecule has 0 unspecified atom stereocenters. The van der Waals surface area contributed by atoms with Crippen LogP contribution in [0.2, 0.25) is 5.02 Å². The highest BCUT2D eigenvalue weighted by Crippen LogP contribution is 2.42. The van der Waals surface area contributed by atoms with E-state index in [0.29, 0.717) is 28.6 Å². The second-order valence-electron chi connectivity index (χ2n) is 8.21. The van der Waals surface area contributed by atoms with Crippen LogP contribution in [0.3, 0.4) is 0 Å². The summed E-state index contributed by atoms with van der Waals surface area (Å²) in [6, 6.07) is 12.7. The lowest BCUT2D eigenvalue weighted by atomic mass is 9.98. The van der Waals surface area contributed by atoms with Crippen LogP contribution in [0.25, 0.3) is 22.5 Å². The predicted molar refractivity (Wildman–Crippen MR) is 129 cm³/mol. The molecule has 1 aromatic heterocycles. The smallest absolute Gasteiger partial charge is 0.260 e. The average Bonchev–Trinajstić information content (AvgIpc) is 3.41. The summed E-state index contributed by atoms with van der Waals surface area (Å²) in [6.07, 6.45) is 0. The Morgan fingerprint density at radius 2 is 1.94 bits per heavy atom. The molecule has 5 rings (SSSR count). The molecule has 176 valence electrons. The van der Waals surface area contributed by atoms with Gasteiger partial charge < -0.3 is 24.4 Å². The summed E-state index contributed by atoms with van der Waals surface area (Å²) in [6.45, 7) is 6.58. The number of nitrogens with zero attached hydrogens (tertiary/aromatic N) is 2. The number of hydrogen-bond acceptors (Lipinski definition) is 7. The van der Waals surface area contributed by atoms with Crippen LogP contribution in [0.4, 0.5) is 5.69 Å². The molecule has 1 amide bonds. The molecule has 1 fully saturated rings. The molecule has 2 aliphatic rings. The van der Waals surface area contributed by atoms with E-state index in [9.17, 15) is 9.90 Å². The standard InChI is InChI=1S/C25H24ClN3O5/c1-15-12-22(34-28-15)24(30)23-19-13-18(20(26)14-21(19)27-25(23)31)16-2-4-17(5-3-16)33-11-8-29-6-9-32-10-7-29/h2-5,12-14,30H,6-11H2,1H3,(H,27,31). The maximum absolute atomic E-state index is 12.6. The van der Waals surface area contributed by atoms with Crippen LogP contribution in [-0.4, -0.2) is 60.5 Å². The van der Waals surface area contributed by atoms with Gasteiger partial charge in [-0.25, -0.2) is 0 Å². The number of amides is 1. The van der Waals surface area contributed by atoms with Gasteiger partial charge >= 0.3 is 0 Å². The first kappa shape index (κ1) is 22.5. The van der Waals surface area contributed by atoms with Gasteiger partial charge in [0.25, 0.3) is 5.91 Å². The van der Waals surface area contributed by atoms with E-state index < -0.39 is 5.91 Å². The van der Waals surface area contributed by atoms with Crippen molar-refractivity contribution in [3.8, 4) is 16.9 Å². The number of fused-ring (bicyclic) bond motifs is 1. The van der Waals surface area contributed by atoms with E-state index in [-0.39, 0.29) is 17.1 Å². The molecule has 2 N–H and O–H groups in total. The average molecular weight is 482 g/mol. The molecule has 3 aromatic rings. The first-order chi connectivity index (χ1) is 16.5. The van der Waals surface area contributed by atoms with Crippen molar-refractivity contribution in [2.45, 2.75) is 6.92 Å². The van der Waals surface area contributed by atoms with Crippen molar-refractivity contribution in [2.75, 3.05) is 44.8 Å². The van der Waals surface area contributed by atoms with E-state index in [0.717, 1.165) is 49.7 Å². The third kappa shape index (κ3) is 4.52. The molecule has 2 aliphatic heterocycles. The molecule has 1 saturated heterocycles. The summed E-state index contributed by atoms with van der Waals surface area (Å²) < 4.78 is 16.4. The zero-order valence-corrected chi connectivity index (χ0v) is 19.4. The molecule has 2 aromatic carbocycles. The molecule has 0 spiro atoms. The van der Waals surface area contributed by atoms with Crippen molar-refractivity contribution in [3.63, 3.8) is 0 Å². The molecule has 0 aliphatic carbocycles. The Labute approximate surface area is 201 Å². The minimum atomic E-state index is -0.432. The third-order valence-electron chi connectivity index (χ3n) is 5.90. The van der Waals surface area contributed by atoms with Gasteiger partial charge in [-0.2, -0.15) is 0 Å². The summed E-state index contributed by atoms with van der Waals surface area (Å²) in [5.41, 5.74) is 3.39. The van der Waals surface area contributed by atoms with Crippen LogP contribution in [0.15, 0.2) is 47.0 Å². The van der Waals surface area contributed by atoms with Crippen LogP contribution >= 0.6 is 11.6 Å². The number of hydrogen-bond donors (Lipinski definition) is 2. The van der Waals surface area contributed by atoms with Gasteiger partial charge in [0.15, 0.2) is 5.76 Å². The summed E-state index contributed by atoms with van der Waals surface area (Å²) in [4.78, 5) is 14.9. The number of benzene rings is 2. The number of aryl methyl sites for hydroxylation is 1. The van der Waals surface area contributed by atoms with Crippen molar-refractivity contribution >= 4 is 34.5 Å². The van der Waals surface area contributed by atoms with Gasteiger partial charge in [0.1, 0.15) is 12.4 Å². The minimum Gasteiger partial charge on any atom is -0.504 e. The molecule has 0 radical (unpaired) electrons. The highest BCUT2D eigenvalue weighted by atomic mass is 35.5. The molecular weight excluding hydrogens is 458 g/mol. The topological polar surface area (TPSA) is 97.1 Å². The largest absolute Gasteiger partial charge is 0.504 e. The highest BCUT2D eigenvalue weighted by molar-refractivity contribution is 6.38. The van der Waals surface area contributed by atoms with E-state index in [4.69, 9.17) is 25.6 Å². The van der Waals surface area contributed by atoms with Gasteiger partial charge in [0, 0.05) is 36.8 Å². The van der Waals surface area contributed by atoms with Crippen LogP contribution in [0.5, 0.6) is 5.75 Å². The molecule has 8 nitrogen and oxygen atoms in total. The van der Waals surface area contributed by atoms with Gasteiger partial charge in [-0.15, -0.1) is 0 Å². The summed E-state index contributed by atoms with van der Waals surface area (Å²) in [7, 11) is 0. The summed E-state index contributed by atoms with van der Waals surface area (Å²) in [5.74, 6) is 0.198. The van der Waals surface area contributed by atoms with Gasteiger partial charge in [0.2, 0.25) is 5.76 Å². The molecule has 34 heavy (non-hydrogen) atoms. The zero-order chi connectivity index (χ0) is 23.7. The number of carbonyl (C=O) groups excluding carboxylic acids is 1. The fraction of sp³-hybridized carbons (Fsp3) is 0.280. The number of rotatable bonds is 6. The van der Waals surface area contributed by atoms with Gasteiger partial charge in [-0.1, -0.05) is 28.9 Å². The number of carbonyl (C=O) groups is 1. The van der Waals surface area contributed by atoms with Gasteiger partial charge in [-0.05, 0) is 36.8 Å². The quantitative estimate of drug-likeness (QED) is 0.398. The Hall–Kier alpha value is -3.33. The number of aliphatic hydroxyl groups excluding tert-OH is 1. The zero-order valence-electron chi connectivity index (χ0n) is 18.6. The maximum atomic E-state index is 12.6. The number of halogens is 1. The minimum absolute atomic E-state index is 0.118. The van der Waals surface area contributed by atoms with E-state index in [1.165, 1.54) is 0 Å². The number of ether oxygens (including phenoxy) is 2. The Kier molecular flexibility index (Phi) is 6.28. The SMILES string of the molecule is Cc1cc(C(O)=C2C(=O)Nc3cc(Cl)c(-c4ccc(OCCN5CCOCC5)cc4)cc32)on1. The van der Waals surface area contributed by atoms with E-state index >= 15 is 0 Å². The molecule has 0 bridgehead atoms. The highest BCUT2D eigenvalue weighted by Gasteiger charge is 2.31. The third-order valence-corrected chi connectivity index (χ3v) is 6.21. The van der Waals surface area contributed by atoms with Crippen LogP contribution in [0, 0.1) is 6.92 Å². The van der Waals surface area contributed by atoms with Crippen LogP contribution < -0.4 is 10.1 Å². The summed E-state index contributed by atoms with van der Waals surface area (Å²) in [5, 5.41) is 17.7. The van der Waals surface area contributed by atoms with E-state index in [2.05, 4.69) is 15.4 Å². The molecule has 0 saturated carbocycles. The monoisotopic (exact) mass is 481 g/mol. The first-order valence-corrected chi connectivity index (χ1v) is 11.4.